The Kier molecular flexibility index (Phi) is 4.60. The zero-order valence-corrected chi connectivity index (χ0v) is 7.87. The van der Waals surface area contributed by atoms with Crippen LogP contribution in [0.15, 0.2) is 0 Å². The Labute approximate surface area is 74.2 Å². The number of hydrogen-bond acceptors (Lipinski definition) is 3. The van der Waals surface area contributed by atoms with E-state index in [0.29, 0.717) is 19.8 Å². The SMILES string of the molecule is ICCOCC1OCCO1. The third-order valence-electron chi connectivity index (χ3n) is 1.17. The molecule has 10 heavy (non-hydrogen) atoms. The minimum Gasteiger partial charge on any atom is -0.375 e. The van der Waals surface area contributed by atoms with Gasteiger partial charge in [0.15, 0.2) is 6.29 Å². The number of hydrogen-bond donors (Lipinski definition) is 0. The second kappa shape index (κ2) is 5.29. The predicted octanol–water partition coefficient (Wildman–Crippen LogP) is 0.811. The van der Waals surface area contributed by atoms with Crippen LogP contribution < -0.4 is 0 Å². The maximum absolute atomic E-state index is 5.21. The number of rotatable bonds is 4. The van der Waals surface area contributed by atoms with Crippen LogP contribution in [0.3, 0.4) is 0 Å². The van der Waals surface area contributed by atoms with E-state index in [4.69, 9.17) is 14.2 Å². The summed E-state index contributed by atoms with van der Waals surface area (Å²) in [6.45, 7) is 2.77. The Balaban J connectivity index is 1.91. The fraction of sp³-hybridized carbons (Fsp3) is 1.00. The molecule has 1 aliphatic rings. The van der Waals surface area contributed by atoms with Gasteiger partial charge in [-0.3, -0.25) is 0 Å². The summed E-state index contributed by atoms with van der Waals surface area (Å²) in [6, 6.07) is 0. The molecule has 0 atom stereocenters. The van der Waals surface area contributed by atoms with Gasteiger partial charge in [-0.15, -0.1) is 0 Å². The molecule has 0 radical (unpaired) electrons. The van der Waals surface area contributed by atoms with Gasteiger partial charge in [0.05, 0.1) is 26.4 Å². The number of alkyl halides is 1. The second-order valence-corrected chi connectivity index (χ2v) is 3.01. The first-order chi connectivity index (χ1) is 4.93. The van der Waals surface area contributed by atoms with Crippen molar-refractivity contribution in [3.63, 3.8) is 0 Å². The Morgan fingerprint density at radius 3 is 2.70 bits per heavy atom. The van der Waals surface area contributed by atoms with Gasteiger partial charge in [-0.1, -0.05) is 22.6 Å². The fourth-order valence-corrected chi connectivity index (χ4v) is 1.05. The van der Waals surface area contributed by atoms with Crippen molar-refractivity contribution in [1.29, 1.82) is 0 Å². The molecule has 0 spiro atoms. The molecule has 0 unspecified atom stereocenters. The third kappa shape index (κ3) is 3.14. The van der Waals surface area contributed by atoms with Gasteiger partial charge in [0.1, 0.15) is 0 Å². The standard InChI is InChI=1S/C6H11IO3/c7-1-2-8-5-6-9-3-4-10-6/h6H,1-5H2. The normalized spacial score (nSPS) is 20.1. The van der Waals surface area contributed by atoms with E-state index in [0.717, 1.165) is 11.0 Å². The summed E-state index contributed by atoms with van der Waals surface area (Å²) in [7, 11) is 0. The molecule has 4 heteroatoms. The number of ether oxygens (including phenoxy) is 3. The molecule has 0 bridgehead atoms. The molecule has 0 aliphatic carbocycles. The van der Waals surface area contributed by atoms with Crippen LogP contribution in [-0.4, -0.2) is 37.1 Å². The van der Waals surface area contributed by atoms with Crippen LogP contribution in [0.25, 0.3) is 0 Å². The molecule has 0 N–H and O–H groups in total. The topological polar surface area (TPSA) is 27.7 Å². The lowest BCUT2D eigenvalue weighted by molar-refractivity contribution is -0.0915. The van der Waals surface area contributed by atoms with Gasteiger partial charge >= 0.3 is 0 Å². The molecule has 1 saturated heterocycles. The first-order valence-corrected chi connectivity index (χ1v) is 4.83. The Morgan fingerprint density at radius 1 is 1.40 bits per heavy atom. The largest absolute Gasteiger partial charge is 0.375 e. The third-order valence-corrected chi connectivity index (χ3v) is 1.61. The molecule has 60 valence electrons. The van der Waals surface area contributed by atoms with Gasteiger partial charge in [0, 0.05) is 4.43 Å². The highest BCUT2D eigenvalue weighted by atomic mass is 127. The zero-order valence-electron chi connectivity index (χ0n) is 5.72. The van der Waals surface area contributed by atoms with E-state index < -0.39 is 0 Å². The van der Waals surface area contributed by atoms with E-state index in [2.05, 4.69) is 22.6 Å². The number of halogens is 1. The average Bonchev–Trinajstić information content (AvgIpc) is 2.41. The monoisotopic (exact) mass is 258 g/mol. The molecule has 1 fully saturated rings. The lowest BCUT2D eigenvalue weighted by atomic mass is 10.7. The van der Waals surface area contributed by atoms with Gasteiger partial charge < -0.3 is 14.2 Å². The molecular weight excluding hydrogens is 247 g/mol. The molecule has 0 aromatic rings. The second-order valence-electron chi connectivity index (χ2n) is 1.94. The van der Waals surface area contributed by atoms with Crippen LogP contribution >= 0.6 is 22.6 Å². The van der Waals surface area contributed by atoms with Gasteiger partial charge in [0.25, 0.3) is 0 Å². The summed E-state index contributed by atoms with van der Waals surface area (Å²) >= 11 is 2.27. The smallest absolute Gasteiger partial charge is 0.181 e. The summed E-state index contributed by atoms with van der Waals surface area (Å²) in [5, 5.41) is 0. The molecule has 1 heterocycles. The molecule has 1 rings (SSSR count). The zero-order chi connectivity index (χ0) is 7.23. The minimum absolute atomic E-state index is 0.108. The lowest BCUT2D eigenvalue weighted by Crippen LogP contribution is -2.16. The summed E-state index contributed by atoms with van der Waals surface area (Å²) in [4.78, 5) is 0. The Morgan fingerprint density at radius 2 is 2.10 bits per heavy atom. The van der Waals surface area contributed by atoms with Crippen LogP contribution in [0.4, 0.5) is 0 Å². The summed E-state index contributed by atoms with van der Waals surface area (Å²) in [5.41, 5.74) is 0. The average molecular weight is 258 g/mol. The maximum Gasteiger partial charge on any atom is 0.181 e. The molecule has 3 nitrogen and oxygen atoms in total. The fourth-order valence-electron chi connectivity index (χ4n) is 0.738. The van der Waals surface area contributed by atoms with E-state index in [1.807, 2.05) is 0 Å². The summed E-state index contributed by atoms with van der Waals surface area (Å²) < 4.78 is 16.5. The minimum atomic E-state index is -0.108. The van der Waals surface area contributed by atoms with Crippen molar-refractivity contribution in [1.82, 2.24) is 0 Å². The van der Waals surface area contributed by atoms with Gasteiger partial charge in [-0.05, 0) is 0 Å². The van der Waals surface area contributed by atoms with E-state index in [-0.39, 0.29) is 6.29 Å². The van der Waals surface area contributed by atoms with Crippen molar-refractivity contribution >= 4 is 22.6 Å². The highest BCUT2D eigenvalue weighted by molar-refractivity contribution is 14.1. The molecule has 0 amide bonds. The van der Waals surface area contributed by atoms with Crippen molar-refractivity contribution in [3.8, 4) is 0 Å². The van der Waals surface area contributed by atoms with E-state index >= 15 is 0 Å². The first kappa shape index (κ1) is 8.70. The maximum atomic E-state index is 5.21. The Hall–Kier alpha value is 0.610. The molecule has 0 aromatic carbocycles. The highest BCUT2D eigenvalue weighted by Crippen LogP contribution is 2.03. The van der Waals surface area contributed by atoms with Gasteiger partial charge in [0.2, 0.25) is 0 Å². The summed E-state index contributed by atoms with van der Waals surface area (Å²) in [5.74, 6) is 0. The first-order valence-electron chi connectivity index (χ1n) is 3.30. The highest BCUT2D eigenvalue weighted by Gasteiger charge is 2.14. The van der Waals surface area contributed by atoms with Crippen molar-refractivity contribution in [2.45, 2.75) is 6.29 Å². The van der Waals surface area contributed by atoms with Crippen molar-refractivity contribution < 1.29 is 14.2 Å². The molecule has 0 saturated carbocycles. The Bertz CT molecular complexity index is 83.1. The summed E-state index contributed by atoms with van der Waals surface area (Å²) in [6.07, 6.45) is -0.108. The molecular formula is C6H11IO3. The van der Waals surface area contributed by atoms with Crippen molar-refractivity contribution in [2.75, 3.05) is 30.9 Å². The molecule has 1 aliphatic heterocycles. The van der Waals surface area contributed by atoms with E-state index in [1.165, 1.54) is 0 Å². The predicted molar refractivity (Wildman–Crippen MR) is 45.4 cm³/mol. The lowest BCUT2D eigenvalue weighted by Gasteiger charge is -2.07. The molecule has 0 aromatic heterocycles. The van der Waals surface area contributed by atoms with Crippen LogP contribution in [-0.2, 0) is 14.2 Å². The van der Waals surface area contributed by atoms with E-state index in [9.17, 15) is 0 Å². The van der Waals surface area contributed by atoms with Crippen LogP contribution in [0.2, 0.25) is 0 Å². The van der Waals surface area contributed by atoms with Crippen LogP contribution in [0, 0.1) is 0 Å². The quantitative estimate of drug-likeness (QED) is 0.424. The van der Waals surface area contributed by atoms with E-state index in [1.54, 1.807) is 0 Å². The van der Waals surface area contributed by atoms with Crippen LogP contribution in [0.5, 0.6) is 0 Å². The van der Waals surface area contributed by atoms with Crippen molar-refractivity contribution in [3.05, 3.63) is 0 Å². The van der Waals surface area contributed by atoms with Gasteiger partial charge in [-0.25, -0.2) is 0 Å². The van der Waals surface area contributed by atoms with Crippen LogP contribution in [0.1, 0.15) is 0 Å². The van der Waals surface area contributed by atoms with Crippen molar-refractivity contribution in [2.24, 2.45) is 0 Å². The van der Waals surface area contributed by atoms with Gasteiger partial charge in [-0.2, -0.15) is 0 Å².